The summed E-state index contributed by atoms with van der Waals surface area (Å²) in [5.41, 5.74) is 1.17. The molecule has 1 rings (SSSR count). The van der Waals surface area contributed by atoms with E-state index in [4.69, 9.17) is 4.79 Å². The maximum atomic E-state index is 8.88. The van der Waals surface area contributed by atoms with Crippen molar-refractivity contribution in [1.29, 1.82) is 0 Å². The van der Waals surface area contributed by atoms with Gasteiger partial charge in [-0.1, -0.05) is 43.0 Å². The highest BCUT2D eigenvalue weighted by atomic mass is 16.1. The lowest BCUT2D eigenvalue weighted by Gasteiger charge is -1.85. The number of hydrogen-bond acceptors (Lipinski definition) is 2. The van der Waals surface area contributed by atoms with Gasteiger partial charge in [-0.25, -0.2) is 9.79 Å². The second kappa shape index (κ2) is 7.45. The van der Waals surface area contributed by atoms with Crippen LogP contribution in [0.25, 0.3) is 6.08 Å². The van der Waals surface area contributed by atoms with Crippen molar-refractivity contribution in [3.8, 4) is 0 Å². The third kappa shape index (κ3) is 5.15. The van der Waals surface area contributed by atoms with Crippen molar-refractivity contribution in [2.75, 3.05) is 7.05 Å². The first-order chi connectivity index (χ1) is 5.85. The smallest absolute Gasteiger partial charge is 0.211 e. The van der Waals surface area contributed by atoms with Crippen molar-refractivity contribution in [2.45, 2.75) is 0 Å². The lowest BCUT2D eigenvalue weighted by atomic mass is 10.2. The summed E-state index contributed by atoms with van der Waals surface area (Å²) in [5, 5.41) is 0. The van der Waals surface area contributed by atoms with Crippen molar-refractivity contribution in [3.05, 3.63) is 42.5 Å². The van der Waals surface area contributed by atoms with Gasteiger partial charge in [-0.05, 0) is 5.56 Å². The molecule has 2 nitrogen and oxygen atoms in total. The van der Waals surface area contributed by atoms with Gasteiger partial charge >= 0.3 is 0 Å². The van der Waals surface area contributed by atoms with Gasteiger partial charge in [-0.2, -0.15) is 0 Å². The number of rotatable bonds is 1. The van der Waals surface area contributed by atoms with Gasteiger partial charge in [0, 0.05) is 7.05 Å². The van der Waals surface area contributed by atoms with Crippen LogP contribution in [0.5, 0.6) is 0 Å². The summed E-state index contributed by atoms with van der Waals surface area (Å²) in [7, 11) is 1.38. The minimum Gasteiger partial charge on any atom is -0.211 e. The monoisotopic (exact) mass is 161 g/mol. The van der Waals surface area contributed by atoms with Crippen LogP contribution in [-0.2, 0) is 4.79 Å². The van der Waals surface area contributed by atoms with Crippen molar-refractivity contribution >= 4 is 12.2 Å². The van der Waals surface area contributed by atoms with Crippen LogP contribution in [0.2, 0.25) is 0 Å². The standard InChI is InChI=1S/C8H8.C2H3NO/c1-2-8-6-4-3-5-7-8;1-3-2-4/h2-7H,1H2;1H3. The maximum Gasteiger partial charge on any atom is 0.234 e. The lowest BCUT2D eigenvalue weighted by Crippen LogP contribution is -1.63. The van der Waals surface area contributed by atoms with Gasteiger partial charge in [0.2, 0.25) is 6.08 Å². The first-order valence-corrected chi connectivity index (χ1v) is 3.48. The van der Waals surface area contributed by atoms with Crippen LogP contribution in [0, 0.1) is 0 Å². The number of isocyanates is 1. The molecule has 0 aliphatic rings. The zero-order valence-electron chi connectivity index (χ0n) is 7.03. The first kappa shape index (κ1) is 10.3. The largest absolute Gasteiger partial charge is 0.234 e. The van der Waals surface area contributed by atoms with Gasteiger partial charge in [-0.15, -0.1) is 0 Å². The average molecular weight is 161 g/mol. The molecule has 1 aromatic rings. The topological polar surface area (TPSA) is 29.4 Å². The van der Waals surface area contributed by atoms with Gasteiger partial charge in [0.25, 0.3) is 0 Å². The van der Waals surface area contributed by atoms with Gasteiger partial charge in [0.05, 0.1) is 0 Å². The molecule has 0 N–H and O–H groups in total. The maximum absolute atomic E-state index is 8.88. The highest BCUT2D eigenvalue weighted by molar-refractivity contribution is 5.45. The quantitative estimate of drug-likeness (QED) is 0.459. The van der Waals surface area contributed by atoms with Crippen molar-refractivity contribution < 1.29 is 4.79 Å². The molecular weight excluding hydrogens is 150 g/mol. The van der Waals surface area contributed by atoms with Gasteiger partial charge in [0.1, 0.15) is 0 Å². The number of benzene rings is 1. The Balaban J connectivity index is 0.000000261. The van der Waals surface area contributed by atoms with Crippen molar-refractivity contribution in [2.24, 2.45) is 4.99 Å². The van der Waals surface area contributed by atoms with Gasteiger partial charge in [0.15, 0.2) is 0 Å². The SMILES string of the molecule is C=Cc1ccccc1.CN=C=O. The van der Waals surface area contributed by atoms with E-state index in [0.29, 0.717) is 0 Å². The van der Waals surface area contributed by atoms with Crippen LogP contribution in [0.1, 0.15) is 5.56 Å². The van der Waals surface area contributed by atoms with Crippen LogP contribution in [0.3, 0.4) is 0 Å². The molecule has 0 spiro atoms. The van der Waals surface area contributed by atoms with E-state index < -0.39 is 0 Å². The number of nitrogens with zero attached hydrogens (tertiary/aromatic N) is 1. The fraction of sp³-hybridized carbons (Fsp3) is 0.100. The van der Waals surface area contributed by atoms with E-state index in [9.17, 15) is 0 Å². The molecule has 0 radical (unpaired) electrons. The molecule has 0 aliphatic carbocycles. The molecule has 0 saturated carbocycles. The summed E-state index contributed by atoms with van der Waals surface area (Å²) in [6.45, 7) is 3.63. The Kier molecular flexibility index (Phi) is 6.42. The highest BCUT2D eigenvalue weighted by Crippen LogP contribution is 1.97. The molecule has 1 aromatic carbocycles. The molecule has 12 heavy (non-hydrogen) atoms. The fourth-order valence-corrected chi connectivity index (χ4v) is 0.589. The molecule has 0 aliphatic heterocycles. The minimum absolute atomic E-state index is 1.17. The molecule has 0 fully saturated rings. The predicted octanol–water partition coefficient (Wildman–Crippen LogP) is 2.28. The van der Waals surface area contributed by atoms with Crippen LogP contribution in [0.15, 0.2) is 41.9 Å². The molecular formula is C10H11NO. The molecule has 0 unspecified atom stereocenters. The van der Waals surface area contributed by atoms with E-state index >= 15 is 0 Å². The molecule has 2 heteroatoms. The summed E-state index contributed by atoms with van der Waals surface area (Å²) in [6.07, 6.45) is 3.14. The second-order valence-corrected chi connectivity index (χ2v) is 1.93. The van der Waals surface area contributed by atoms with Crippen LogP contribution in [-0.4, -0.2) is 13.1 Å². The first-order valence-electron chi connectivity index (χ1n) is 3.48. The van der Waals surface area contributed by atoms with E-state index in [0.717, 1.165) is 0 Å². The Morgan fingerprint density at radius 1 is 1.42 bits per heavy atom. The number of carbonyl (C=O) groups excluding carboxylic acids is 1. The summed E-state index contributed by atoms with van der Waals surface area (Å²) >= 11 is 0. The second-order valence-electron chi connectivity index (χ2n) is 1.93. The van der Waals surface area contributed by atoms with E-state index in [2.05, 4.69) is 11.6 Å². The normalized spacial score (nSPS) is 7.08. The van der Waals surface area contributed by atoms with Crippen molar-refractivity contribution in [3.63, 3.8) is 0 Å². The van der Waals surface area contributed by atoms with Crippen LogP contribution >= 0.6 is 0 Å². The predicted molar refractivity (Wildman–Crippen MR) is 50.6 cm³/mol. The van der Waals surface area contributed by atoms with E-state index in [-0.39, 0.29) is 0 Å². The van der Waals surface area contributed by atoms with Gasteiger partial charge < -0.3 is 0 Å². The molecule has 0 saturated heterocycles. The third-order valence-corrected chi connectivity index (χ3v) is 1.13. The minimum atomic E-state index is 1.17. The molecule has 0 heterocycles. The Morgan fingerprint density at radius 3 is 2.17 bits per heavy atom. The van der Waals surface area contributed by atoms with Crippen LogP contribution < -0.4 is 0 Å². The molecule has 0 aromatic heterocycles. The van der Waals surface area contributed by atoms with E-state index in [1.54, 1.807) is 0 Å². The third-order valence-electron chi connectivity index (χ3n) is 1.13. The van der Waals surface area contributed by atoms with Crippen LogP contribution in [0.4, 0.5) is 0 Å². The Hall–Kier alpha value is -1.66. The number of hydrogen-bond donors (Lipinski definition) is 0. The van der Waals surface area contributed by atoms with Crippen molar-refractivity contribution in [1.82, 2.24) is 0 Å². The average Bonchev–Trinajstić information content (AvgIpc) is 2.19. The van der Waals surface area contributed by atoms with Gasteiger partial charge in [-0.3, -0.25) is 0 Å². The Morgan fingerprint density at radius 2 is 1.92 bits per heavy atom. The Bertz CT molecular complexity index is 260. The zero-order valence-corrected chi connectivity index (χ0v) is 7.03. The van der Waals surface area contributed by atoms with E-state index in [1.165, 1.54) is 18.7 Å². The number of aliphatic imine (C=N–C) groups is 1. The zero-order chi connectivity index (χ0) is 9.23. The highest BCUT2D eigenvalue weighted by Gasteiger charge is 1.75. The summed E-state index contributed by atoms with van der Waals surface area (Å²) < 4.78 is 0. The molecule has 62 valence electrons. The lowest BCUT2D eigenvalue weighted by molar-refractivity contribution is 0.564. The summed E-state index contributed by atoms with van der Waals surface area (Å²) in [5.74, 6) is 0. The molecule has 0 amide bonds. The molecule has 0 bridgehead atoms. The van der Waals surface area contributed by atoms with E-state index in [1.807, 2.05) is 36.4 Å². The summed E-state index contributed by atoms with van der Waals surface area (Å²) in [4.78, 5) is 11.8. The fourth-order valence-electron chi connectivity index (χ4n) is 0.589. The summed E-state index contributed by atoms with van der Waals surface area (Å²) in [6, 6.07) is 10.0. The Labute approximate surface area is 72.3 Å². The molecule has 0 atom stereocenters.